The summed E-state index contributed by atoms with van der Waals surface area (Å²) in [7, 11) is 0. The lowest BCUT2D eigenvalue weighted by atomic mass is 10.1. The maximum Gasteiger partial charge on any atom is 0.278 e. The summed E-state index contributed by atoms with van der Waals surface area (Å²) in [6, 6.07) is 11.6. The van der Waals surface area contributed by atoms with Crippen LogP contribution in [0.1, 0.15) is 38.4 Å². The third-order valence-electron chi connectivity index (χ3n) is 4.78. The normalized spacial score (nSPS) is 10.7. The van der Waals surface area contributed by atoms with Gasteiger partial charge < -0.3 is 10.6 Å². The highest BCUT2D eigenvalue weighted by molar-refractivity contribution is 6.04. The maximum atomic E-state index is 12.6. The van der Waals surface area contributed by atoms with Crippen molar-refractivity contribution in [2.75, 3.05) is 10.6 Å². The largest absolute Gasteiger partial charge is 0.324 e. The Morgan fingerprint density at radius 1 is 0.862 bits per heavy atom. The van der Waals surface area contributed by atoms with Crippen LogP contribution in [0.15, 0.2) is 36.4 Å². The summed E-state index contributed by atoms with van der Waals surface area (Å²) in [6.45, 7) is 9.58. The number of aryl methyl sites for hydroxylation is 4. The van der Waals surface area contributed by atoms with E-state index >= 15 is 0 Å². The molecule has 0 atom stereocenters. The Hall–Kier alpha value is -3.48. The summed E-state index contributed by atoms with van der Waals surface area (Å²) in [6.07, 6.45) is 0. The average molecular weight is 391 g/mol. The molecule has 0 bridgehead atoms. The molecule has 0 saturated carbocycles. The fourth-order valence-corrected chi connectivity index (χ4v) is 3.14. The van der Waals surface area contributed by atoms with E-state index in [4.69, 9.17) is 0 Å². The van der Waals surface area contributed by atoms with Gasteiger partial charge in [0.15, 0.2) is 5.69 Å². The number of carbonyl (C=O) groups is 2. The molecule has 3 rings (SSSR count). The fraction of sp³-hybridized carbons (Fsp3) is 0.273. The molecule has 1 heterocycles. The van der Waals surface area contributed by atoms with Crippen LogP contribution in [0.25, 0.3) is 0 Å². The Bertz CT molecular complexity index is 1080. The van der Waals surface area contributed by atoms with Crippen LogP contribution < -0.4 is 10.6 Å². The zero-order valence-corrected chi connectivity index (χ0v) is 17.3. The van der Waals surface area contributed by atoms with Crippen LogP contribution in [0.2, 0.25) is 0 Å². The Kier molecular flexibility index (Phi) is 5.77. The molecule has 0 unspecified atom stereocenters. The van der Waals surface area contributed by atoms with Gasteiger partial charge in [-0.15, -0.1) is 5.10 Å². The van der Waals surface area contributed by atoms with Gasteiger partial charge in [0, 0.05) is 11.4 Å². The van der Waals surface area contributed by atoms with Crippen LogP contribution in [-0.4, -0.2) is 26.8 Å². The van der Waals surface area contributed by atoms with E-state index in [0.29, 0.717) is 5.69 Å². The van der Waals surface area contributed by atoms with E-state index in [1.807, 2.05) is 64.1 Å². The summed E-state index contributed by atoms with van der Waals surface area (Å²) in [5, 5.41) is 13.7. The predicted octanol–water partition coefficient (Wildman–Crippen LogP) is 3.71. The highest BCUT2D eigenvalue weighted by Crippen LogP contribution is 2.18. The van der Waals surface area contributed by atoms with Crippen molar-refractivity contribution < 1.29 is 9.59 Å². The molecule has 2 amide bonds. The van der Waals surface area contributed by atoms with E-state index in [0.717, 1.165) is 33.6 Å². The van der Waals surface area contributed by atoms with Crippen LogP contribution in [0.5, 0.6) is 0 Å². The van der Waals surface area contributed by atoms with Crippen molar-refractivity contribution in [1.82, 2.24) is 15.0 Å². The number of hydrogen-bond donors (Lipinski definition) is 2. The van der Waals surface area contributed by atoms with Gasteiger partial charge in [0.2, 0.25) is 5.91 Å². The van der Waals surface area contributed by atoms with Gasteiger partial charge >= 0.3 is 0 Å². The highest BCUT2D eigenvalue weighted by atomic mass is 16.2. The second-order valence-corrected chi connectivity index (χ2v) is 7.32. The molecule has 0 aliphatic rings. The molecule has 3 aromatic rings. The van der Waals surface area contributed by atoms with Crippen LogP contribution in [-0.2, 0) is 11.3 Å². The lowest BCUT2D eigenvalue weighted by Gasteiger charge is -2.10. The van der Waals surface area contributed by atoms with Crippen molar-refractivity contribution in [2.24, 2.45) is 0 Å². The van der Waals surface area contributed by atoms with Gasteiger partial charge in [-0.1, -0.05) is 40.6 Å². The summed E-state index contributed by atoms with van der Waals surface area (Å²) in [5.41, 5.74) is 6.42. The van der Waals surface area contributed by atoms with Gasteiger partial charge in [0.1, 0.15) is 6.54 Å². The van der Waals surface area contributed by atoms with Crippen LogP contribution in [0.3, 0.4) is 0 Å². The molecule has 0 aliphatic carbocycles. The monoisotopic (exact) mass is 391 g/mol. The molecule has 7 nitrogen and oxygen atoms in total. The quantitative estimate of drug-likeness (QED) is 0.694. The van der Waals surface area contributed by atoms with E-state index in [1.165, 1.54) is 4.68 Å². The smallest absolute Gasteiger partial charge is 0.278 e. The number of carbonyl (C=O) groups excluding carboxylic acids is 2. The first-order valence-electron chi connectivity index (χ1n) is 9.40. The van der Waals surface area contributed by atoms with Crippen molar-refractivity contribution >= 4 is 23.2 Å². The second-order valence-electron chi connectivity index (χ2n) is 7.32. The van der Waals surface area contributed by atoms with E-state index in [9.17, 15) is 9.59 Å². The summed E-state index contributed by atoms with van der Waals surface area (Å²) in [5.74, 6) is -0.582. The number of aromatic nitrogens is 3. The van der Waals surface area contributed by atoms with E-state index in [-0.39, 0.29) is 24.1 Å². The Morgan fingerprint density at radius 3 is 1.97 bits per heavy atom. The van der Waals surface area contributed by atoms with Crippen LogP contribution in [0.4, 0.5) is 11.4 Å². The predicted molar refractivity (Wildman–Crippen MR) is 113 cm³/mol. The minimum absolute atomic E-state index is 0.0248. The van der Waals surface area contributed by atoms with Crippen LogP contribution >= 0.6 is 0 Å². The maximum absolute atomic E-state index is 12.6. The molecule has 0 radical (unpaired) electrons. The highest BCUT2D eigenvalue weighted by Gasteiger charge is 2.19. The number of hydrogen-bond acceptors (Lipinski definition) is 4. The molecule has 29 heavy (non-hydrogen) atoms. The number of nitrogens with zero attached hydrogens (tertiary/aromatic N) is 3. The van der Waals surface area contributed by atoms with E-state index in [2.05, 4.69) is 20.9 Å². The van der Waals surface area contributed by atoms with Gasteiger partial charge in [-0.2, -0.15) is 0 Å². The van der Waals surface area contributed by atoms with E-state index < -0.39 is 0 Å². The summed E-state index contributed by atoms with van der Waals surface area (Å²) >= 11 is 0. The number of benzene rings is 2. The average Bonchev–Trinajstić information content (AvgIpc) is 3.00. The number of amides is 2. The fourth-order valence-electron chi connectivity index (χ4n) is 3.14. The van der Waals surface area contributed by atoms with Gasteiger partial charge in [-0.25, -0.2) is 4.68 Å². The molecule has 0 fully saturated rings. The van der Waals surface area contributed by atoms with Gasteiger partial charge in [0.25, 0.3) is 5.91 Å². The molecule has 2 N–H and O–H groups in total. The van der Waals surface area contributed by atoms with Gasteiger partial charge in [0.05, 0.1) is 5.69 Å². The van der Waals surface area contributed by atoms with Gasteiger partial charge in [-0.3, -0.25) is 9.59 Å². The zero-order chi connectivity index (χ0) is 21.1. The van der Waals surface area contributed by atoms with Gasteiger partial charge in [-0.05, 0) is 57.9 Å². The van der Waals surface area contributed by atoms with Crippen molar-refractivity contribution in [3.05, 3.63) is 70.0 Å². The summed E-state index contributed by atoms with van der Waals surface area (Å²) in [4.78, 5) is 25.0. The molecular weight excluding hydrogens is 366 g/mol. The molecule has 0 saturated heterocycles. The minimum atomic E-state index is -0.351. The van der Waals surface area contributed by atoms with Crippen LogP contribution in [0, 0.1) is 34.6 Å². The molecule has 150 valence electrons. The van der Waals surface area contributed by atoms with Crippen molar-refractivity contribution in [3.63, 3.8) is 0 Å². The van der Waals surface area contributed by atoms with E-state index in [1.54, 1.807) is 6.92 Å². The Labute approximate surface area is 170 Å². The summed E-state index contributed by atoms with van der Waals surface area (Å²) < 4.78 is 1.43. The molecule has 0 aliphatic heterocycles. The molecule has 0 spiro atoms. The number of anilines is 2. The topological polar surface area (TPSA) is 88.9 Å². The van der Waals surface area contributed by atoms with Crippen molar-refractivity contribution in [1.29, 1.82) is 0 Å². The lowest BCUT2D eigenvalue weighted by molar-refractivity contribution is -0.117. The third-order valence-corrected chi connectivity index (χ3v) is 4.78. The van der Waals surface area contributed by atoms with Crippen molar-refractivity contribution in [2.45, 2.75) is 41.2 Å². The Balaban J connectivity index is 1.69. The number of nitrogens with one attached hydrogen (secondary N) is 2. The number of rotatable bonds is 5. The van der Waals surface area contributed by atoms with Crippen molar-refractivity contribution in [3.8, 4) is 0 Å². The first-order chi connectivity index (χ1) is 13.7. The second kappa shape index (κ2) is 8.26. The molecular formula is C22H25N5O2. The SMILES string of the molecule is Cc1ccc(NC(=O)Cn2nnc(C(=O)Nc3ccc(C)cc3C)c2C)c(C)c1. The standard InChI is InChI=1S/C22H25N5O2/c1-13-6-8-18(15(3)10-13)23-20(28)12-27-17(5)21(25-26-27)22(29)24-19-9-7-14(2)11-16(19)4/h6-11H,12H2,1-5H3,(H,23,28)(H,24,29). The third kappa shape index (κ3) is 4.68. The molecule has 2 aromatic carbocycles. The zero-order valence-electron chi connectivity index (χ0n) is 17.3. The minimum Gasteiger partial charge on any atom is -0.324 e. The Morgan fingerprint density at radius 2 is 1.41 bits per heavy atom. The molecule has 7 heteroatoms. The first kappa shape index (κ1) is 20.3. The first-order valence-corrected chi connectivity index (χ1v) is 9.40. The molecule has 1 aromatic heterocycles. The lowest BCUT2D eigenvalue weighted by Crippen LogP contribution is -2.21.